The summed E-state index contributed by atoms with van der Waals surface area (Å²) in [5, 5.41) is 13.2. The first-order chi connectivity index (χ1) is 12.1. The second kappa shape index (κ2) is 8.14. The van der Waals surface area contributed by atoms with Crippen molar-refractivity contribution in [3.8, 4) is 0 Å². The molecule has 3 N–H and O–H groups in total. The fourth-order valence-electron chi connectivity index (χ4n) is 3.17. The fourth-order valence-corrected chi connectivity index (χ4v) is 3.42. The van der Waals surface area contributed by atoms with Crippen LogP contribution >= 0.6 is 23.2 Å². The highest BCUT2D eigenvalue weighted by molar-refractivity contribution is 6.30. The van der Waals surface area contributed by atoms with Crippen molar-refractivity contribution in [2.45, 2.75) is 39.7 Å². The van der Waals surface area contributed by atoms with Crippen molar-refractivity contribution < 1.29 is 5.11 Å². The van der Waals surface area contributed by atoms with Crippen LogP contribution in [0.1, 0.15) is 38.8 Å². The number of halogens is 2. The summed E-state index contributed by atoms with van der Waals surface area (Å²) in [6.45, 7) is 8.38. The molecule has 0 spiro atoms. The summed E-state index contributed by atoms with van der Waals surface area (Å²) in [5.41, 5.74) is 8.42. The van der Waals surface area contributed by atoms with Crippen LogP contribution in [0.5, 0.6) is 0 Å². The van der Waals surface area contributed by atoms with Crippen molar-refractivity contribution in [1.82, 2.24) is 0 Å². The van der Waals surface area contributed by atoms with Gasteiger partial charge in [-0.3, -0.25) is 0 Å². The number of aliphatic hydroxyl groups is 1. The molecule has 0 fully saturated rings. The molecule has 2 nitrogen and oxygen atoms in total. The predicted molar refractivity (Wildman–Crippen MR) is 113 cm³/mol. The van der Waals surface area contributed by atoms with Crippen LogP contribution in [0.4, 0.5) is 0 Å². The van der Waals surface area contributed by atoms with Crippen LogP contribution in [0.2, 0.25) is 10.0 Å². The minimum atomic E-state index is -1.10. The van der Waals surface area contributed by atoms with Gasteiger partial charge in [-0.25, -0.2) is 0 Å². The molecule has 0 radical (unpaired) electrons. The first-order valence-corrected chi connectivity index (χ1v) is 9.47. The molecule has 0 amide bonds. The third kappa shape index (κ3) is 4.32. The van der Waals surface area contributed by atoms with Gasteiger partial charge in [0.2, 0.25) is 0 Å². The molecule has 2 aromatic rings. The Labute approximate surface area is 166 Å². The van der Waals surface area contributed by atoms with E-state index in [2.05, 4.69) is 0 Å². The van der Waals surface area contributed by atoms with E-state index in [1.54, 1.807) is 0 Å². The highest BCUT2D eigenvalue weighted by Crippen LogP contribution is 2.41. The Morgan fingerprint density at radius 1 is 0.923 bits per heavy atom. The van der Waals surface area contributed by atoms with Crippen molar-refractivity contribution in [3.05, 3.63) is 75.3 Å². The third-order valence-electron chi connectivity index (χ3n) is 5.46. The molecule has 0 bridgehead atoms. The molecule has 1 unspecified atom stereocenters. The first-order valence-electron chi connectivity index (χ1n) is 8.71. The van der Waals surface area contributed by atoms with Gasteiger partial charge in [-0.15, -0.1) is 0 Å². The Morgan fingerprint density at radius 2 is 1.38 bits per heavy atom. The van der Waals surface area contributed by atoms with E-state index >= 15 is 0 Å². The van der Waals surface area contributed by atoms with E-state index in [0.717, 1.165) is 22.3 Å². The van der Waals surface area contributed by atoms with Crippen molar-refractivity contribution in [1.29, 1.82) is 0 Å². The average Bonchev–Trinajstić information content (AvgIpc) is 2.62. The molecule has 140 valence electrons. The van der Waals surface area contributed by atoms with Crippen LogP contribution in [0.3, 0.4) is 0 Å². The van der Waals surface area contributed by atoms with Gasteiger partial charge in [0.1, 0.15) is 0 Å². The molecule has 0 saturated carbocycles. The smallest absolute Gasteiger partial charge is 0.0962 e. The van der Waals surface area contributed by atoms with Crippen molar-refractivity contribution in [2.75, 3.05) is 6.54 Å². The topological polar surface area (TPSA) is 46.2 Å². The first kappa shape index (κ1) is 21.0. The highest BCUT2D eigenvalue weighted by Gasteiger charge is 2.44. The lowest BCUT2D eigenvalue weighted by molar-refractivity contribution is -0.0287. The van der Waals surface area contributed by atoms with Gasteiger partial charge < -0.3 is 10.8 Å². The number of hydrogen-bond acceptors (Lipinski definition) is 2. The molecule has 0 saturated heterocycles. The maximum atomic E-state index is 11.8. The summed E-state index contributed by atoms with van der Waals surface area (Å²) in [6.07, 6.45) is 0.463. The molecule has 0 aliphatic carbocycles. The Kier molecular flexibility index (Phi) is 6.57. The van der Waals surface area contributed by atoms with E-state index in [1.165, 1.54) is 0 Å². The number of hydrogen-bond donors (Lipinski definition) is 2. The molecular formula is C22H27Cl2NO. The minimum Gasteiger partial charge on any atom is -0.385 e. The maximum Gasteiger partial charge on any atom is 0.0962 e. The summed E-state index contributed by atoms with van der Waals surface area (Å²) in [5.74, 6) is 0. The van der Waals surface area contributed by atoms with E-state index in [1.807, 2.05) is 76.2 Å². The Bertz CT molecular complexity index is 779. The normalized spacial score (nSPS) is 15.4. The molecule has 0 aliphatic rings. The largest absolute Gasteiger partial charge is 0.385 e. The quantitative estimate of drug-likeness (QED) is 0.658. The van der Waals surface area contributed by atoms with Crippen LogP contribution < -0.4 is 5.73 Å². The van der Waals surface area contributed by atoms with Crippen molar-refractivity contribution in [3.63, 3.8) is 0 Å². The Hall–Kier alpha value is -1.32. The Balaban J connectivity index is 2.53. The highest BCUT2D eigenvalue weighted by atomic mass is 35.5. The molecule has 26 heavy (non-hydrogen) atoms. The third-order valence-corrected chi connectivity index (χ3v) is 5.97. The minimum absolute atomic E-state index is 0.363. The van der Waals surface area contributed by atoms with Gasteiger partial charge >= 0.3 is 0 Å². The van der Waals surface area contributed by atoms with Crippen LogP contribution in [-0.2, 0) is 6.42 Å². The molecule has 2 aromatic carbocycles. The summed E-state index contributed by atoms with van der Waals surface area (Å²) in [6, 6.07) is 15.3. The lowest BCUT2D eigenvalue weighted by Gasteiger charge is -2.44. The van der Waals surface area contributed by atoms with E-state index < -0.39 is 11.0 Å². The second-order valence-electron chi connectivity index (χ2n) is 7.51. The summed E-state index contributed by atoms with van der Waals surface area (Å²) >= 11 is 12.0. The van der Waals surface area contributed by atoms with E-state index in [-0.39, 0.29) is 0 Å². The van der Waals surface area contributed by atoms with E-state index in [4.69, 9.17) is 28.9 Å². The van der Waals surface area contributed by atoms with Crippen LogP contribution in [0.15, 0.2) is 54.1 Å². The number of allylic oxidation sites excluding steroid dienone is 1. The van der Waals surface area contributed by atoms with Gasteiger partial charge in [0.25, 0.3) is 0 Å². The van der Waals surface area contributed by atoms with Gasteiger partial charge in [0.05, 0.1) is 5.60 Å². The molecule has 1 atom stereocenters. The van der Waals surface area contributed by atoms with E-state index in [9.17, 15) is 5.11 Å². The van der Waals surface area contributed by atoms with Gasteiger partial charge in [-0.05, 0) is 60.4 Å². The van der Waals surface area contributed by atoms with Crippen molar-refractivity contribution in [2.24, 2.45) is 11.1 Å². The lowest BCUT2D eigenvalue weighted by Crippen LogP contribution is -2.51. The monoisotopic (exact) mass is 391 g/mol. The molecule has 0 aromatic heterocycles. The number of benzene rings is 2. The molecule has 2 rings (SSSR count). The zero-order valence-electron chi connectivity index (χ0n) is 15.8. The molecule has 4 heteroatoms. The van der Waals surface area contributed by atoms with Crippen LogP contribution in [0, 0.1) is 5.41 Å². The van der Waals surface area contributed by atoms with Crippen molar-refractivity contribution >= 4 is 28.8 Å². The number of nitrogens with two attached hydrogens (primary N) is 1. The SMILES string of the molecule is CC(=C(C)C(O)(Cc1ccc(Cl)cc1)C(C)(C)CN)c1ccc(Cl)cc1. The summed E-state index contributed by atoms with van der Waals surface area (Å²) in [7, 11) is 0. The second-order valence-corrected chi connectivity index (χ2v) is 8.38. The Morgan fingerprint density at radius 3 is 1.85 bits per heavy atom. The molecule has 0 heterocycles. The van der Waals surface area contributed by atoms with Gasteiger partial charge in [-0.1, -0.05) is 61.3 Å². The zero-order chi connectivity index (χ0) is 19.5. The fraction of sp³-hybridized carbons (Fsp3) is 0.364. The average molecular weight is 392 g/mol. The lowest BCUT2D eigenvalue weighted by atomic mass is 9.66. The zero-order valence-corrected chi connectivity index (χ0v) is 17.3. The van der Waals surface area contributed by atoms with Gasteiger partial charge in [0, 0.05) is 28.4 Å². The summed E-state index contributed by atoms with van der Waals surface area (Å²) < 4.78 is 0. The van der Waals surface area contributed by atoms with E-state index in [0.29, 0.717) is 23.0 Å². The van der Waals surface area contributed by atoms with Crippen LogP contribution in [0.25, 0.3) is 5.57 Å². The molecule has 0 aliphatic heterocycles. The standard InChI is InChI=1S/C22H27Cl2NO/c1-15(18-7-11-20(24)12-8-18)16(2)22(26,21(3,4)14-25)13-17-5-9-19(23)10-6-17/h5-12,26H,13-14,25H2,1-4H3. The van der Waals surface area contributed by atoms with Gasteiger partial charge in [-0.2, -0.15) is 0 Å². The number of rotatable bonds is 6. The van der Waals surface area contributed by atoms with Crippen LogP contribution in [-0.4, -0.2) is 17.3 Å². The molecular weight excluding hydrogens is 365 g/mol. The maximum absolute atomic E-state index is 11.8. The predicted octanol–water partition coefficient (Wildman–Crippen LogP) is 5.75. The van der Waals surface area contributed by atoms with Gasteiger partial charge in [0.15, 0.2) is 0 Å². The summed E-state index contributed by atoms with van der Waals surface area (Å²) in [4.78, 5) is 0.